The normalized spacial score (nSPS) is 17.7. The van der Waals surface area contributed by atoms with E-state index in [-0.39, 0.29) is 11.8 Å². The highest BCUT2D eigenvalue weighted by Gasteiger charge is 2.33. The Bertz CT molecular complexity index is 1160. The largest absolute Gasteiger partial charge is 0.365 e. The standard InChI is InChI=1S/C23H29N3O4S2/c1-14-15(2)31-23(20(14)21(24)27)25-22(28)17-9-11-26(12-10-17)32(29,30)19-8-7-16-5-3-4-6-18(16)13-19/h7-8,13,17H,3-6,9-12H2,1-2H3,(H2,24,27)(H,25,28). The van der Waals surface area contributed by atoms with Gasteiger partial charge in [0, 0.05) is 23.9 Å². The van der Waals surface area contributed by atoms with Crippen LogP contribution >= 0.6 is 11.3 Å². The molecule has 0 atom stereocenters. The highest BCUT2D eigenvalue weighted by Crippen LogP contribution is 2.33. The van der Waals surface area contributed by atoms with Gasteiger partial charge in [0.1, 0.15) is 5.00 Å². The zero-order valence-corrected chi connectivity index (χ0v) is 20.1. The van der Waals surface area contributed by atoms with Gasteiger partial charge in [0.15, 0.2) is 0 Å². The van der Waals surface area contributed by atoms with Gasteiger partial charge in [-0.15, -0.1) is 11.3 Å². The van der Waals surface area contributed by atoms with Crippen molar-refractivity contribution in [2.45, 2.75) is 57.3 Å². The number of primary amides is 1. The molecule has 0 radical (unpaired) electrons. The summed E-state index contributed by atoms with van der Waals surface area (Å²) in [4.78, 5) is 25.9. The van der Waals surface area contributed by atoms with Crippen molar-refractivity contribution in [3.8, 4) is 0 Å². The second-order valence-corrected chi connectivity index (χ2v) is 11.8. The van der Waals surface area contributed by atoms with Crippen molar-refractivity contribution in [3.05, 3.63) is 45.3 Å². The molecule has 0 saturated carbocycles. The molecule has 2 aliphatic rings. The van der Waals surface area contributed by atoms with E-state index in [0.29, 0.717) is 41.4 Å². The van der Waals surface area contributed by atoms with E-state index in [1.54, 1.807) is 6.07 Å². The van der Waals surface area contributed by atoms with Crippen molar-refractivity contribution < 1.29 is 18.0 Å². The zero-order chi connectivity index (χ0) is 23.0. The molecule has 0 bridgehead atoms. The molecule has 2 amide bonds. The minimum absolute atomic E-state index is 0.195. The van der Waals surface area contributed by atoms with Crippen LogP contribution in [-0.2, 0) is 27.7 Å². The number of hydrogen-bond donors (Lipinski definition) is 2. The van der Waals surface area contributed by atoms with Crippen LogP contribution in [0.25, 0.3) is 0 Å². The predicted octanol–water partition coefficient (Wildman–Crippen LogP) is 3.38. The lowest BCUT2D eigenvalue weighted by molar-refractivity contribution is -0.120. The number of carbonyl (C=O) groups is 2. The molecule has 9 heteroatoms. The summed E-state index contributed by atoms with van der Waals surface area (Å²) in [6.07, 6.45) is 5.06. The van der Waals surface area contributed by atoms with Crippen LogP contribution in [0.5, 0.6) is 0 Å². The highest BCUT2D eigenvalue weighted by atomic mass is 32.2. The highest BCUT2D eigenvalue weighted by molar-refractivity contribution is 7.89. The van der Waals surface area contributed by atoms with Gasteiger partial charge in [-0.1, -0.05) is 6.07 Å². The van der Waals surface area contributed by atoms with Gasteiger partial charge in [0.25, 0.3) is 5.91 Å². The van der Waals surface area contributed by atoms with E-state index in [4.69, 9.17) is 5.73 Å². The predicted molar refractivity (Wildman–Crippen MR) is 126 cm³/mol. The third kappa shape index (κ3) is 4.33. The molecule has 1 aromatic heterocycles. The summed E-state index contributed by atoms with van der Waals surface area (Å²) in [7, 11) is -3.58. The van der Waals surface area contributed by atoms with E-state index in [9.17, 15) is 18.0 Å². The molecule has 2 aromatic rings. The van der Waals surface area contributed by atoms with Crippen molar-refractivity contribution in [3.63, 3.8) is 0 Å². The number of amides is 2. The average molecular weight is 476 g/mol. The summed E-state index contributed by atoms with van der Waals surface area (Å²) in [6.45, 7) is 4.28. The Labute approximate surface area is 193 Å². The number of thiophene rings is 1. The first kappa shape index (κ1) is 22.9. The van der Waals surface area contributed by atoms with Crippen molar-refractivity contribution in [2.75, 3.05) is 18.4 Å². The Balaban J connectivity index is 1.42. The number of sulfonamides is 1. The Kier molecular flexibility index (Phi) is 6.42. The molecule has 3 N–H and O–H groups in total. The van der Waals surface area contributed by atoms with Gasteiger partial charge in [-0.3, -0.25) is 9.59 Å². The van der Waals surface area contributed by atoms with E-state index < -0.39 is 15.9 Å². The summed E-state index contributed by atoms with van der Waals surface area (Å²) in [5, 5.41) is 3.33. The number of aryl methyl sites for hydroxylation is 3. The van der Waals surface area contributed by atoms with Crippen molar-refractivity contribution >= 4 is 38.2 Å². The molecule has 1 aliphatic heterocycles. The lowest BCUT2D eigenvalue weighted by Gasteiger charge is -2.31. The summed E-state index contributed by atoms with van der Waals surface area (Å²) in [5.41, 5.74) is 9.01. The van der Waals surface area contributed by atoms with Gasteiger partial charge in [-0.25, -0.2) is 8.42 Å². The second kappa shape index (κ2) is 8.96. The maximum absolute atomic E-state index is 13.2. The van der Waals surface area contributed by atoms with Crippen molar-refractivity contribution in [1.29, 1.82) is 0 Å². The van der Waals surface area contributed by atoms with Gasteiger partial charge >= 0.3 is 0 Å². The quantitative estimate of drug-likeness (QED) is 0.691. The smallest absolute Gasteiger partial charge is 0.251 e. The van der Waals surface area contributed by atoms with Gasteiger partial charge in [-0.05, 0) is 81.2 Å². The number of nitrogens with one attached hydrogen (secondary N) is 1. The summed E-state index contributed by atoms with van der Waals surface area (Å²) < 4.78 is 27.8. The first-order valence-corrected chi connectivity index (χ1v) is 13.3. The lowest BCUT2D eigenvalue weighted by Crippen LogP contribution is -2.41. The molecular weight excluding hydrogens is 446 g/mol. The fourth-order valence-electron chi connectivity index (χ4n) is 4.60. The van der Waals surface area contributed by atoms with Crippen LogP contribution in [0.3, 0.4) is 0 Å². The number of nitrogens with zero attached hydrogens (tertiary/aromatic N) is 1. The third-order valence-corrected chi connectivity index (χ3v) is 9.67. The molecular formula is C23H29N3O4S2. The van der Waals surface area contributed by atoms with Gasteiger partial charge in [0.2, 0.25) is 15.9 Å². The molecule has 1 aromatic carbocycles. The first-order chi connectivity index (χ1) is 15.2. The Morgan fingerprint density at radius 1 is 1.09 bits per heavy atom. The fourth-order valence-corrected chi connectivity index (χ4v) is 7.19. The molecule has 4 rings (SSSR count). The lowest BCUT2D eigenvalue weighted by atomic mass is 9.92. The van der Waals surface area contributed by atoms with Crippen LogP contribution in [0.15, 0.2) is 23.1 Å². The average Bonchev–Trinajstić information content (AvgIpc) is 3.06. The third-order valence-electron chi connectivity index (χ3n) is 6.65. The minimum atomic E-state index is -3.58. The molecule has 1 saturated heterocycles. The second-order valence-electron chi connectivity index (χ2n) is 8.66. The maximum atomic E-state index is 13.2. The molecule has 7 nitrogen and oxygen atoms in total. The van der Waals surface area contributed by atoms with E-state index in [1.165, 1.54) is 21.2 Å². The van der Waals surface area contributed by atoms with E-state index in [1.807, 2.05) is 26.0 Å². The SMILES string of the molecule is Cc1sc(NC(=O)C2CCN(S(=O)(=O)c3ccc4c(c3)CCCC4)CC2)c(C(N)=O)c1C. The molecule has 0 spiro atoms. The van der Waals surface area contributed by atoms with E-state index in [0.717, 1.165) is 41.7 Å². The van der Waals surface area contributed by atoms with Crippen molar-refractivity contribution in [1.82, 2.24) is 4.31 Å². The molecule has 0 unspecified atom stereocenters. The molecule has 172 valence electrons. The number of piperidine rings is 1. The fraction of sp³-hybridized carbons (Fsp3) is 0.478. The van der Waals surface area contributed by atoms with Crippen LogP contribution in [0, 0.1) is 19.8 Å². The van der Waals surface area contributed by atoms with Crippen LogP contribution in [0.2, 0.25) is 0 Å². The number of anilines is 1. The van der Waals surface area contributed by atoms with Crippen LogP contribution < -0.4 is 11.1 Å². The zero-order valence-electron chi connectivity index (χ0n) is 18.4. The number of rotatable bonds is 5. The number of nitrogens with two attached hydrogens (primary N) is 1. The van der Waals surface area contributed by atoms with Crippen LogP contribution in [0.4, 0.5) is 5.00 Å². The van der Waals surface area contributed by atoms with Crippen LogP contribution in [-0.4, -0.2) is 37.6 Å². The van der Waals surface area contributed by atoms with Crippen molar-refractivity contribution in [2.24, 2.45) is 11.7 Å². The molecule has 32 heavy (non-hydrogen) atoms. The minimum Gasteiger partial charge on any atom is -0.365 e. The Morgan fingerprint density at radius 2 is 1.75 bits per heavy atom. The van der Waals surface area contributed by atoms with Gasteiger partial charge in [-0.2, -0.15) is 4.31 Å². The molecule has 1 fully saturated rings. The monoisotopic (exact) mass is 475 g/mol. The molecule has 1 aliphatic carbocycles. The first-order valence-electron chi connectivity index (χ1n) is 11.0. The van der Waals surface area contributed by atoms with E-state index in [2.05, 4.69) is 5.32 Å². The number of fused-ring (bicyclic) bond motifs is 1. The summed E-state index contributed by atoms with van der Waals surface area (Å²) >= 11 is 1.34. The van der Waals surface area contributed by atoms with Crippen LogP contribution in [0.1, 0.15) is 57.6 Å². The van der Waals surface area contributed by atoms with Gasteiger partial charge in [0.05, 0.1) is 10.5 Å². The number of carbonyl (C=O) groups excluding carboxylic acids is 2. The summed E-state index contributed by atoms with van der Waals surface area (Å²) in [6, 6.07) is 5.49. The van der Waals surface area contributed by atoms with E-state index >= 15 is 0 Å². The Hall–Kier alpha value is -2.23. The molecule has 2 heterocycles. The topological polar surface area (TPSA) is 110 Å². The maximum Gasteiger partial charge on any atom is 0.251 e. The Morgan fingerprint density at radius 3 is 2.41 bits per heavy atom. The summed E-state index contributed by atoms with van der Waals surface area (Å²) in [5.74, 6) is -1.07. The number of benzene rings is 1. The van der Waals surface area contributed by atoms with Gasteiger partial charge < -0.3 is 11.1 Å². The number of hydrogen-bond acceptors (Lipinski definition) is 5.